The third-order valence-electron chi connectivity index (χ3n) is 3.35. The van der Waals surface area contributed by atoms with Crippen LogP contribution >= 0.6 is 0 Å². The van der Waals surface area contributed by atoms with E-state index in [9.17, 15) is 10.2 Å². The first-order valence-corrected chi connectivity index (χ1v) is 10.4. The van der Waals surface area contributed by atoms with E-state index >= 15 is 0 Å². The first kappa shape index (κ1) is 15.0. The summed E-state index contributed by atoms with van der Waals surface area (Å²) >= 11 is 0. The molecule has 2 N–H and O–H groups in total. The predicted molar refractivity (Wildman–Crippen MR) is 88.0 cm³/mol. The maximum absolute atomic E-state index is 10.2. The summed E-state index contributed by atoms with van der Waals surface area (Å²) in [5.74, 6) is 0. The molecule has 20 heavy (non-hydrogen) atoms. The Kier molecular flexibility index (Phi) is 4.13. The molecule has 1 aromatic rings. The summed E-state index contributed by atoms with van der Waals surface area (Å²) in [6.45, 7) is 10.5. The standard InChI is InChI=1S/C17H22O2Si/c1-5-12-8-6-7-9-13(12)14-10-16(18)17(19)15(14)11-20(2,3)4/h5-11,16-19H,1H2,2-4H3/b15-11-. The molecule has 0 radical (unpaired) electrons. The second-order valence-corrected chi connectivity index (χ2v) is 11.3. The minimum atomic E-state index is -1.50. The van der Waals surface area contributed by atoms with Gasteiger partial charge in [0.05, 0.1) is 8.07 Å². The monoisotopic (exact) mass is 286 g/mol. The fourth-order valence-electron chi connectivity index (χ4n) is 2.50. The molecule has 0 heterocycles. The van der Waals surface area contributed by atoms with Crippen LogP contribution in [0.15, 0.2) is 48.2 Å². The molecule has 1 aliphatic rings. The van der Waals surface area contributed by atoms with Crippen LogP contribution in [0.1, 0.15) is 11.1 Å². The van der Waals surface area contributed by atoms with E-state index in [1.165, 1.54) is 0 Å². The Bertz CT molecular complexity index is 579. The van der Waals surface area contributed by atoms with E-state index in [1.807, 2.05) is 24.3 Å². The predicted octanol–water partition coefficient (Wildman–Crippen LogP) is 3.25. The molecule has 2 atom stereocenters. The average Bonchev–Trinajstić information content (AvgIpc) is 2.65. The minimum Gasteiger partial charge on any atom is -0.386 e. The summed E-state index contributed by atoms with van der Waals surface area (Å²) in [4.78, 5) is 0. The van der Waals surface area contributed by atoms with Gasteiger partial charge in [0.1, 0.15) is 12.2 Å². The van der Waals surface area contributed by atoms with Crippen molar-refractivity contribution in [3.8, 4) is 0 Å². The van der Waals surface area contributed by atoms with Gasteiger partial charge in [0.2, 0.25) is 0 Å². The Morgan fingerprint density at radius 3 is 2.40 bits per heavy atom. The molecular formula is C17H22O2Si. The molecule has 0 fully saturated rings. The highest BCUT2D eigenvalue weighted by Gasteiger charge is 2.31. The van der Waals surface area contributed by atoms with E-state index in [0.29, 0.717) is 0 Å². The van der Waals surface area contributed by atoms with Gasteiger partial charge in [0, 0.05) is 0 Å². The summed E-state index contributed by atoms with van der Waals surface area (Å²) < 4.78 is 0. The van der Waals surface area contributed by atoms with Gasteiger partial charge >= 0.3 is 0 Å². The summed E-state index contributed by atoms with van der Waals surface area (Å²) in [6, 6.07) is 7.93. The Balaban J connectivity index is 2.56. The molecule has 3 heteroatoms. The molecule has 106 valence electrons. The summed E-state index contributed by atoms with van der Waals surface area (Å²) in [6.07, 6.45) is 1.90. The molecule has 1 aromatic carbocycles. The Morgan fingerprint density at radius 1 is 1.15 bits per heavy atom. The molecule has 0 spiro atoms. The average molecular weight is 286 g/mol. The van der Waals surface area contributed by atoms with Crippen molar-refractivity contribution in [2.24, 2.45) is 0 Å². The van der Waals surface area contributed by atoms with Crippen LogP contribution in [-0.2, 0) is 0 Å². The maximum Gasteiger partial charge on any atom is 0.108 e. The van der Waals surface area contributed by atoms with Crippen LogP contribution < -0.4 is 0 Å². The normalized spacial score (nSPS) is 24.9. The zero-order valence-corrected chi connectivity index (χ0v) is 13.3. The van der Waals surface area contributed by atoms with Crippen LogP contribution in [0.5, 0.6) is 0 Å². The van der Waals surface area contributed by atoms with Crippen LogP contribution in [0.3, 0.4) is 0 Å². The lowest BCUT2D eigenvalue weighted by Crippen LogP contribution is -2.24. The number of aliphatic hydroxyl groups is 2. The Labute approximate surface area is 121 Å². The second kappa shape index (κ2) is 5.52. The number of aliphatic hydroxyl groups excluding tert-OH is 2. The van der Waals surface area contributed by atoms with Gasteiger partial charge in [0.15, 0.2) is 0 Å². The van der Waals surface area contributed by atoms with Crippen molar-refractivity contribution >= 4 is 19.7 Å². The van der Waals surface area contributed by atoms with Gasteiger partial charge in [-0.1, -0.05) is 62.3 Å². The Morgan fingerprint density at radius 2 is 1.80 bits per heavy atom. The fourth-order valence-corrected chi connectivity index (χ4v) is 3.76. The van der Waals surface area contributed by atoms with E-state index in [1.54, 1.807) is 12.2 Å². The quantitative estimate of drug-likeness (QED) is 0.837. The lowest BCUT2D eigenvalue weighted by molar-refractivity contribution is 0.0828. The third-order valence-corrected chi connectivity index (χ3v) is 4.53. The van der Waals surface area contributed by atoms with Crippen LogP contribution in [0.4, 0.5) is 0 Å². The maximum atomic E-state index is 10.2. The van der Waals surface area contributed by atoms with E-state index < -0.39 is 20.3 Å². The topological polar surface area (TPSA) is 40.5 Å². The molecule has 1 aliphatic carbocycles. The van der Waals surface area contributed by atoms with Crippen molar-refractivity contribution in [3.05, 3.63) is 59.3 Å². The van der Waals surface area contributed by atoms with Crippen LogP contribution in [-0.4, -0.2) is 30.5 Å². The number of hydrogen-bond acceptors (Lipinski definition) is 2. The first-order valence-electron chi connectivity index (χ1n) is 6.86. The molecule has 2 nitrogen and oxygen atoms in total. The first-order chi connectivity index (χ1) is 9.33. The van der Waals surface area contributed by atoms with Crippen LogP contribution in [0.25, 0.3) is 11.6 Å². The zero-order chi connectivity index (χ0) is 14.9. The van der Waals surface area contributed by atoms with Crippen molar-refractivity contribution in [3.63, 3.8) is 0 Å². The molecule has 0 aromatic heterocycles. The van der Waals surface area contributed by atoms with Crippen molar-refractivity contribution in [2.45, 2.75) is 31.8 Å². The number of hydrogen-bond donors (Lipinski definition) is 2. The van der Waals surface area contributed by atoms with Crippen molar-refractivity contribution < 1.29 is 10.2 Å². The molecule has 0 saturated heterocycles. The molecular weight excluding hydrogens is 264 g/mol. The molecule has 0 aliphatic heterocycles. The molecule has 2 rings (SSSR count). The highest BCUT2D eigenvalue weighted by molar-refractivity contribution is 6.81. The van der Waals surface area contributed by atoms with Gasteiger partial charge in [-0.25, -0.2) is 0 Å². The fraction of sp³-hybridized carbons (Fsp3) is 0.294. The largest absolute Gasteiger partial charge is 0.386 e. The smallest absolute Gasteiger partial charge is 0.108 e. The van der Waals surface area contributed by atoms with Gasteiger partial charge in [-0.2, -0.15) is 0 Å². The van der Waals surface area contributed by atoms with E-state index in [4.69, 9.17) is 0 Å². The number of benzene rings is 1. The van der Waals surface area contributed by atoms with Crippen molar-refractivity contribution in [2.75, 3.05) is 0 Å². The summed E-state index contributed by atoms with van der Waals surface area (Å²) in [7, 11) is -1.50. The van der Waals surface area contributed by atoms with Gasteiger partial charge in [-0.05, 0) is 28.3 Å². The summed E-state index contributed by atoms with van der Waals surface area (Å²) in [5.41, 5.74) is 5.98. The summed E-state index contributed by atoms with van der Waals surface area (Å²) in [5, 5.41) is 20.2. The highest BCUT2D eigenvalue weighted by Crippen LogP contribution is 2.36. The van der Waals surface area contributed by atoms with Gasteiger partial charge in [0.25, 0.3) is 0 Å². The molecule has 0 saturated carbocycles. The zero-order valence-electron chi connectivity index (χ0n) is 12.3. The lowest BCUT2D eigenvalue weighted by Gasteiger charge is -2.18. The van der Waals surface area contributed by atoms with E-state index in [2.05, 4.69) is 31.9 Å². The van der Waals surface area contributed by atoms with Crippen LogP contribution in [0, 0.1) is 0 Å². The number of rotatable bonds is 3. The van der Waals surface area contributed by atoms with Gasteiger partial charge < -0.3 is 10.2 Å². The Hall–Kier alpha value is -1.42. The van der Waals surface area contributed by atoms with Gasteiger partial charge in [-0.3, -0.25) is 0 Å². The van der Waals surface area contributed by atoms with E-state index in [-0.39, 0.29) is 0 Å². The molecule has 2 unspecified atom stereocenters. The molecule has 0 amide bonds. The molecule has 0 bridgehead atoms. The SMILES string of the molecule is C=Cc1ccccc1C1=CC(O)C(O)/C1=C\[Si](C)(C)C. The van der Waals surface area contributed by atoms with Crippen molar-refractivity contribution in [1.29, 1.82) is 0 Å². The van der Waals surface area contributed by atoms with Crippen LogP contribution in [0.2, 0.25) is 19.6 Å². The van der Waals surface area contributed by atoms with Gasteiger partial charge in [-0.15, -0.1) is 0 Å². The lowest BCUT2D eigenvalue weighted by atomic mass is 9.96. The van der Waals surface area contributed by atoms with Crippen molar-refractivity contribution in [1.82, 2.24) is 0 Å². The minimum absolute atomic E-state index is 0.824. The third kappa shape index (κ3) is 3.01. The van der Waals surface area contributed by atoms with E-state index in [0.717, 1.165) is 22.3 Å². The highest BCUT2D eigenvalue weighted by atomic mass is 28.3. The second-order valence-electron chi connectivity index (χ2n) is 6.27.